The molecule has 0 fully saturated rings. The summed E-state index contributed by atoms with van der Waals surface area (Å²) in [6.07, 6.45) is 0. The summed E-state index contributed by atoms with van der Waals surface area (Å²) in [4.78, 5) is 13.8. The molecule has 2 N–H and O–H groups in total. The van der Waals surface area contributed by atoms with E-state index in [2.05, 4.69) is 0 Å². The van der Waals surface area contributed by atoms with Gasteiger partial charge < -0.3 is 15.4 Å². The number of esters is 1. The molecule has 0 atom stereocenters. The summed E-state index contributed by atoms with van der Waals surface area (Å²) in [5, 5.41) is 0. The van der Waals surface area contributed by atoms with Gasteiger partial charge in [0.25, 0.3) is 0 Å². The fourth-order valence-corrected chi connectivity index (χ4v) is 1.94. The van der Waals surface area contributed by atoms with E-state index in [4.69, 9.17) is 10.5 Å². The Morgan fingerprint density at radius 2 is 1.85 bits per heavy atom. The highest BCUT2D eigenvalue weighted by Crippen LogP contribution is 2.26. The van der Waals surface area contributed by atoms with Gasteiger partial charge in [0.05, 0.1) is 12.2 Å². The number of nitrogens with zero attached hydrogens (tertiary/aromatic N) is 1. The molecule has 0 saturated carbocycles. The summed E-state index contributed by atoms with van der Waals surface area (Å²) in [6.45, 7) is 2.10. The molecule has 0 aliphatic heterocycles. The standard InChI is InChI=1S/C16H18N2O2/c1-3-20-16(19)14-11-13(9-10-15(14)17)18(2)12-7-5-4-6-8-12/h4-11H,3,17H2,1-2H3. The van der Waals surface area contributed by atoms with Crippen LogP contribution in [0.5, 0.6) is 0 Å². The lowest BCUT2D eigenvalue weighted by molar-refractivity contribution is 0.0527. The van der Waals surface area contributed by atoms with Gasteiger partial charge in [-0.3, -0.25) is 0 Å². The minimum absolute atomic E-state index is 0.330. The van der Waals surface area contributed by atoms with Crippen molar-refractivity contribution in [1.29, 1.82) is 0 Å². The van der Waals surface area contributed by atoms with Crippen molar-refractivity contribution in [3.05, 3.63) is 54.1 Å². The Morgan fingerprint density at radius 1 is 1.15 bits per heavy atom. The first-order valence-corrected chi connectivity index (χ1v) is 6.49. The second-order valence-corrected chi connectivity index (χ2v) is 4.39. The van der Waals surface area contributed by atoms with Crippen LogP contribution in [0.3, 0.4) is 0 Å². The number of benzene rings is 2. The molecule has 0 aliphatic carbocycles. The van der Waals surface area contributed by atoms with E-state index in [1.165, 1.54) is 0 Å². The Bertz CT molecular complexity index is 597. The molecule has 2 rings (SSSR count). The number of ether oxygens (including phenoxy) is 1. The average Bonchev–Trinajstić information content (AvgIpc) is 2.48. The molecule has 0 amide bonds. The third-order valence-electron chi connectivity index (χ3n) is 3.06. The van der Waals surface area contributed by atoms with Gasteiger partial charge in [-0.05, 0) is 37.3 Å². The van der Waals surface area contributed by atoms with E-state index in [1.54, 1.807) is 19.1 Å². The smallest absolute Gasteiger partial charge is 0.340 e. The second kappa shape index (κ2) is 6.10. The fourth-order valence-electron chi connectivity index (χ4n) is 1.94. The predicted octanol–water partition coefficient (Wildman–Crippen LogP) is 3.21. The van der Waals surface area contributed by atoms with Gasteiger partial charge in [-0.15, -0.1) is 0 Å². The number of anilines is 3. The third kappa shape index (κ3) is 2.91. The highest BCUT2D eigenvalue weighted by molar-refractivity contribution is 5.96. The van der Waals surface area contributed by atoms with Crippen molar-refractivity contribution in [3.63, 3.8) is 0 Å². The molecule has 0 aliphatic rings. The quantitative estimate of drug-likeness (QED) is 0.684. The number of hydrogen-bond acceptors (Lipinski definition) is 4. The molecule has 20 heavy (non-hydrogen) atoms. The molecule has 0 aromatic heterocycles. The van der Waals surface area contributed by atoms with E-state index in [0.29, 0.717) is 17.9 Å². The maximum absolute atomic E-state index is 11.9. The first-order valence-electron chi connectivity index (χ1n) is 6.49. The zero-order valence-corrected chi connectivity index (χ0v) is 11.7. The minimum Gasteiger partial charge on any atom is -0.462 e. The zero-order valence-electron chi connectivity index (χ0n) is 11.7. The fraction of sp³-hybridized carbons (Fsp3) is 0.188. The summed E-state index contributed by atoms with van der Waals surface area (Å²) in [7, 11) is 1.94. The monoisotopic (exact) mass is 270 g/mol. The second-order valence-electron chi connectivity index (χ2n) is 4.39. The predicted molar refractivity (Wildman–Crippen MR) is 81.3 cm³/mol. The first-order chi connectivity index (χ1) is 9.63. The van der Waals surface area contributed by atoms with E-state index in [9.17, 15) is 4.79 Å². The molecule has 104 valence electrons. The van der Waals surface area contributed by atoms with Crippen molar-refractivity contribution in [2.24, 2.45) is 0 Å². The van der Waals surface area contributed by atoms with E-state index in [0.717, 1.165) is 11.4 Å². The van der Waals surface area contributed by atoms with Gasteiger partial charge in [-0.1, -0.05) is 18.2 Å². The molecule has 4 heteroatoms. The molecule has 0 saturated heterocycles. The van der Waals surface area contributed by atoms with Crippen LogP contribution in [-0.4, -0.2) is 19.6 Å². The van der Waals surface area contributed by atoms with Gasteiger partial charge in [0.1, 0.15) is 0 Å². The Hall–Kier alpha value is -2.49. The van der Waals surface area contributed by atoms with Crippen LogP contribution in [0.1, 0.15) is 17.3 Å². The molecule has 2 aromatic rings. The molecule has 2 aromatic carbocycles. The van der Waals surface area contributed by atoms with Crippen LogP contribution in [0, 0.1) is 0 Å². The number of nitrogen functional groups attached to an aromatic ring is 1. The summed E-state index contributed by atoms with van der Waals surface area (Å²) < 4.78 is 5.01. The lowest BCUT2D eigenvalue weighted by atomic mass is 10.1. The highest BCUT2D eigenvalue weighted by Gasteiger charge is 2.13. The molecule has 0 spiro atoms. The summed E-state index contributed by atoms with van der Waals surface area (Å²) >= 11 is 0. The SMILES string of the molecule is CCOC(=O)c1cc(N(C)c2ccccc2)ccc1N. The maximum Gasteiger partial charge on any atom is 0.340 e. The van der Waals surface area contributed by atoms with Crippen LogP contribution >= 0.6 is 0 Å². The van der Waals surface area contributed by atoms with Crippen molar-refractivity contribution >= 4 is 23.0 Å². The topological polar surface area (TPSA) is 55.6 Å². The number of carbonyl (C=O) groups excluding carboxylic acids is 1. The maximum atomic E-state index is 11.9. The van der Waals surface area contributed by atoms with Crippen molar-refractivity contribution in [1.82, 2.24) is 0 Å². The van der Waals surface area contributed by atoms with Crippen LogP contribution in [0.2, 0.25) is 0 Å². The summed E-state index contributed by atoms with van der Waals surface area (Å²) in [6, 6.07) is 15.3. The molecule has 0 heterocycles. The third-order valence-corrected chi connectivity index (χ3v) is 3.06. The van der Waals surface area contributed by atoms with Gasteiger partial charge in [0.15, 0.2) is 0 Å². The molecule has 0 radical (unpaired) electrons. The summed E-state index contributed by atoms with van der Waals surface area (Å²) in [5.74, 6) is -0.395. The zero-order chi connectivity index (χ0) is 14.5. The normalized spacial score (nSPS) is 10.1. The van der Waals surface area contributed by atoms with Crippen LogP contribution in [-0.2, 0) is 4.74 Å². The van der Waals surface area contributed by atoms with Gasteiger partial charge in [-0.2, -0.15) is 0 Å². The number of para-hydroxylation sites is 1. The van der Waals surface area contributed by atoms with E-state index >= 15 is 0 Å². The van der Waals surface area contributed by atoms with Crippen molar-refractivity contribution in [2.75, 3.05) is 24.3 Å². The summed E-state index contributed by atoms with van der Waals surface area (Å²) in [5.41, 5.74) is 8.58. The molecular weight excluding hydrogens is 252 g/mol. The largest absolute Gasteiger partial charge is 0.462 e. The number of nitrogens with two attached hydrogens (primary N) is 1. The highest BCUT2D eigenvalue weighted by atomic mass is 16.5. The van der Waals surface area contributed by atoms with Crippen molar-refractivity contribution < 1.29 is 9.53 Å². The van der Waals surface area contributed by atoms with E-state index in [-0.39, 0.29) is 0 Å². The number of carbonyl (C=O) groups is 1. The van der Waals surface area contributed by atoms with Crippen LogP contribution in [0.15, 0.2) is 48.5 Å². The molecular formula is C16H18N2O2. The van der Waals surface area contributed by atoms with E-state index in [1.807, 2.05) is 48.3 Å². The average molecular weight is 270 g/mol. The van der Waals surface area contributed by atoms with Crippen LogP contribution in [0.4, 0.5) is 17.1 Å². The lowest BCUT2D eigenvalue weighted by Gasteiger charge is -2.20. The van der Waals surface area contributed by atoms with Gasteiger partial charge in [-0.25, -0.2) is 4.79 Å². The Morgan fingerprint density at radius 3 is 2.50 bits per heavy atom. The van der Waals surface area contributed by atoms with Crippen molar-refractivity contribution in [3.8, 4) is 0 Å². The Labute approximate surface area is 118 Å². The molecule has 4 nitrogen and oxygen atoms in total. The van der Waals surface area contributed by atoms with Crippen LogP contribution < -0.4 is 10.6 Å². The molecule has 0 bridgehead atoms. The lowest BCUT2D eigenvalue weighted by Crippen LogP contribution is -2.13. The Kier molecular flexibility index (Phi) is 4.25. The number of hydrogen-bond donors (Lipinski definition) is 1. The van der Waals surface area contributed by atoms with Gasteiger partial charge in [0, 0.05) is 24.1 Å². The van der Waals surface area contributed by atoms with E-state index < -0.39 is 5.97 Å². The minimum atomic E-state index is -0.395. The van der Waals surface area contributed by atoms with Crippen LogP contribution in [0.25, 0.3) is 0 Å². The van der Waals surface area contributed by atoms with Gasteiger partial charge in [0.2, 0.25) is 0 Å². The van der Waals surface area contributed by atoms with Gasteiger partial charge >= 0.3 is 5.97 Å². The Balaban J connectivity index is 2.34. The number of rotatable bonds is 4. The molecule has 0 unspecified atom stereocenters. The van der Waals surface area contributed by atoms with Crippen molar-refractivity contribution in [2.45, 2.75) is 6.92 Å². The first kappa shape index (κ1) is 13.9.